The summed E-state index contributed by atoms with van der Waals surface area (Å²) in [6, 6.07) is 0.101. The van der Waals surface area contributed by atoms with Gasteiger partial charge in [0.15, 0.2) is 0 Å². The molecule has 0 bridgehead atoms. The Morgan fingerprint density at radius 3 is 2.70 bits per heavy atom. The van der Waals surface area contributed by atoms with Gasteiger partial charge in [0.1, 0.15) is 6.29 Å². The van der Waals surface area contributed by atoms with Crippen LogP contribution in [0.25, 0.3) is 0 Å². The fourth-order valence-corrected chi connectivity index (χ4v) is 0.898. The molecule has 0 spiro atoms. The highest BCUT2D eigenvalue weighted by atomic mass is 16.1. The van der Waals surface area contributed by atoms with Crippen molar-refractivity contribution in [1.82, 2.24) is 0 Å². The largest absolute Gasteiger partial charge is 0.327 e. The zero-order valence-corrected chi connectivity index (χ0v) is 6.68. The molecule has 0 saturated heterocycles. The first-order chi connectivity index (χ1) is 4.81. The first kappa shape index (κ1) is 9.63. The number of hydrogen-bond donors (Lipinski definition) is 1. The van der Waals surface area contributed by atoms with Crippen molar-refractivity contribution < 1.29 is 4.79 Å². The molecule has 0 aliphatic heterocycles. The summed E-state index contributed by atoms with van der Waals surface area (Å²) in [6.07, 6.45) is 6.01. The number of carbonyl (C=O) groups excluding carboxylic acids is 1. The molecule has 2 heteroatoms. The minimum absolute atomic E-state index is 0.101. The molecule has 2 nitrogen and oxygen atoms in total. The average molecular weight is 143 g/mol. The van der Waals surface area contributed by atoms with Crippen molar-refractivity contribution >= 4 is 6.29 Å². The van der Waals surface area contributed by atoms with Gasteiger partial charge in [0.25, 0.3) is 0 Å². The van der Waals surface area contributed by atoms with Gasteiger partial charge in [-0.05, 0) is 6.42 Å². The summed E-state index contributed by atoms with van der Waals surface area (Å²) in [4.78, 5) is 9.97. The van der Waals surface area contributed by atoms with Gasteiger partial charge in [-0.3, -0.25) is 0 Å². The van der Waals surface area contributed by atoms with Crippen molar-refractivity contribution in [2.75, 3.05) is 0 Å². The highest BCUT2D eigenvalue weighted by Crippen LogP contribution is 2.02. The Hall–Kier alpha value is -0.370. The predicted octanol–water partition coefficient (Wildman–Crippen LogP) is 1.48. The third-order valence-electron chi connectivity index (χ3n) is 1.58. The zero-order chi connectivity index (χ0) is 7.82. The molecule has 0 aliphatic rings. The number of unbranched alkanes of at least 4 members (excludes halogenated alkanes) is 2. The van der Waals surface area contributed by atoms with E-state index in [1.165, 1.54) is 12.8 Å². The Bertz CT molecular complexity index is 83.3. The van der Waals surface area contributed by atoms with E-state index in [0.717, 1.165) is 19.1 Å². The maximum absolute atomic E-state index is 9.97. The first-order valence-corrected chi connectivity index (χ1v) is 4.00. The van der Waals surface area contributed by atoms with Gasteiger partial charge < -0.3 is 10.5 Å². The second-order valence-corrected chi connectivity index (χ2v) is 2.66. The number of rotatable bonds is 6. The van der Waals surface area contributed by atoms with Crippen molar-refractivity contribution in [1.29, 1.82) is 0 Å². The number of nitrogens with two attached hydrogens (primary N) is 1. The van der Waals surface area contributed by atoms with E-state index in [1.54, 1.807) is 0 Å². The van der Waals surface area contributed by atoms with Gasteiger partial charge in [-0.25, -0.2) is 0 Å². The van der Waals surface area contributed by atoms with Crippen molar-refractivity contribution in [2.24, 2.45) is 5.73 Å². The summed E-state index contributed by atoms with van der Waals surface area (Å²) in [7, 11) is 0. The van der Waals surface area contributed by atoms with E-state index in [0.29, 0.717) is 6.42 Å². The first-order valence-electron chi connectivity index (χ1n) is 4.00. The van der Waals surface area contributed by atoms with Gasteiger partial charge in [-0.15, -0.1) is 0 Å². The number of carbonyl (C=O) groups is 1. The number of hydrogen-bond acceptors (Lipinski definition) is 2. The van der Waals surface area contributed by atoms with Gasteiger partial charge in [0.2, 0.25) is 0 Å². The predicted molar refractivity (Wildman–Crippen MR) is 42.8 cm³/mol. The summed E-state index contributed by atoms with van der Waals surface area (Å²) < 4.78 is 0. The molecule has 10 heavy (non-hydrogen) atoms. The van der Waals surface area contributed by atoms with E-state index in [-0.39, 0.29) is 6.04 Å². The van der Waals surface area contributed by atoms with Gasteiger partial charge in [-0.2, -0.15) is 0 Å². The van der Waals surface area contributed by atoms with Crippen LogP contribution < -0.4 is 5.73 Å². The van der Waals surface area contributed by atoms with E-state index in [4.69, 9.17) is 5.73 Å². The molecule has 0 fully saturated rings. The van der Waals surface area contributed by atoms with Crippen LogP contribution in [0.5, 0.6) is 0 Å². The Balaban J connectivity index is 3.04. The van der Waals surface area contributed by atoms with Crippen LogP contribution in [-0.2, 0) is 4.79 Å². The van der Waals surface area contributed by atoms with Crippen molar-refractivity contribution in [3.63, 3.8) is 0 Å². The average Bonchev–Trinajstić information content (AvgIpc) is 1.89. The van der Waals surface area contributed by atoms with E-state index in [2.05, 4.69) is 6.92 Å². The summed E-state index contributed by atoms with van der Waals surface area (Å²) >= 11 is 0. The smallest absolute Gasteiger partial charge is 0.121 e. The van der Waals surface area contributed by atoms with Crippen LogP contribution in [0.15, 0.2) is 0 Å². The fraction of sp³-hybridized carbons (Fsp3) is 0.875. The lowest BCUT2D eigenvalue weighted by Gasteiger charge is -2.05. The molecule has 2 N–H and O–H groups in total. The van der Waals surface area contributed by atoms with Crippen LogP contribution in [0.3, 0.4) is 0 Å². The highest BCUT2D eigenvalue weighted by Gasteiger charge is 1.98. The van der Waals surface area contributed by atoms with Crippen LogP contribution in [-0.4, -0.2) is 12.3 Å². The molecule has 0 rings (SSSR count). The second-order valence-electron chi connectivity index (χ2n) is 2.66. The topological polar surface area (TPSA) is 43.1 Å². The molecule has 1 atom stereocenters. The lowest BCUT2D eigenvalue weighted by molar-refractivity contribution is -0.108. The molecule has 0 aromatic heterocycles. The molecule has 60 valence electrons. The van der Waals surface area contributed by atoms with Gasteiger partial charge in [-0.1, -0.05) is 26.2 Å². The summed E-state index contributed by atoms with van der Waals surface area (Å²) in [6.45, 7) is 2.16. The molecule has 0 heterocycles. The monoisotopic (exact) mass is 143 g/mol. The molecule has 0 radical (unpaired) electrons. The van der Waals surface area contributed by atoms with Crippen LogP contribution in [0, 0.1) is 0 Å². The molecule has 0 aromatic carbocycles. The van der Waals surface area contributed by atoms with Crippen LogP contribution in [0.4, 0.5) is 0 Å². The lowest BCUT2D eigenvalue weighted by Crippen LogP contribution is -2.19. The normalized spacial score (nSPS) is 13.0. The summed E-state index contributed by atoms with van der Waals surface area (Å²) in [5.74, 6) is 0. The van der Waals surface area contributed by atoms with Crippen LogP contribution in [0.2, 0.25) is 0 Å². The van der Waals surface area contributed by atoms with Gasteiger partial charge >= 0.3 is 0 Å². The quantitative estimate of drug-likeness (QED) is 0.452. The van der Waals surface area contributed by atoms with E-state index >= 15 is 0 Å². The maximum Gasteiger partial charge on any atom is 0.121 e. The van der Waals surface area contributed by atoms with Gasteiger partial charge in [0.05, 0.1) is 0 Å². The zero-order valence-electron chi connectivity index (χ0n) is 6.68. The number of aldehydes is 1. The molecule has 0 amide bonds. The molecule has 0 saturated carbocycles. The van der Waals surface area contributed by atoms with Crippen LogP contribution in [0.1, 0.15) is 39.0 Å². The minimum Gasteiger partial charge on any atom is -0.327 e. The van der Waals surface area contributed by atoms with Crippen molar-refractivity contribution in [3.8, 4) is 0 Å². The van der Waals surface area contributed by atoms with Crippen molar-refractivity contribution in [3.05, 3.63) is 0 Å². The van der Waals surface area contributed by atoms with E-state index < -0.39 is 0 Å². The Labute approximate surface area is 62.8 Å². The standard InChI is InChI=1S/C8H17NO/c1-2-3-4-5-8(9)6-7-10/h7-8H,2-6,9H2,1H3. The molecule has 0 aliphatic carbocycles. The minimum atomic E-state index is 0.101. The Morgan fingerprint density at radius 2 is 2.20 bits per heavy atom. The second kappa shape index (κ2) is 6.75. The van der Waals surface area contributed by atoms with Crippen molar-refractivity contribution in [2.45, 2.75) is 45.1 Å². The molecule has 1 unspecified atom stereocenters. The maximum atomic E-state index is 9.97. The third-order valence-corrected chi connectivity index (χ3v) is 1.58. The SMILES string of the molecule is CCCCCC(N)CC=O. The third kappa shape index (κ3) is 5.76. The summed E-state index contributed by atoms with van der Waals surface area (Å²) in [5.41, 5.74) is 5.59. The summed E-state index contributed by atoms with van der Waals surface area (Å²) in [5, 5.41) is 0. The lowest BCUT2D eigenvalue weighted by atomic mass is 10.1. The molecular formula is C8H17NO. The van der Waals surface area contributed by atoms with Gasteiger partial charge in [0, 0.05) is 12.5 Å². The van der Waals surface area contributed by atoms with E-state index in [9.17, 15) is 4.79 Å². The van der Waals surface area contributed by atoms with E-state index in [1.807, 2.05) is 0 Å². The highest BCUT2D eigenvalue weighted by molar-refractivity contribution is 5.50. The molecular weight excluding hydrogens is 126 g/mol. The Morgan fingerprint density at radius 1 is 1.50 bits per heavy atom. The van der Waals surface area contributed by atoms with Crippen LogP contribution >= 0.6 is 0 Å². The molecule has 0 aromatic rings. The Kier molecular flexibility index (Phi) is 6.50. The fourth-order valence-electron chi connectivity index (χ4n) is 0.898.